The lowest BCUT2D eigenvalue weighted by Crippen LogP contribution is -2.71. The topological polar surface area (TPSA) is 67.3 Å². The van der Waals surface area contributed by atoms with Crippen molar-refractivity contribution in [2.75, 3.05) is 58.3 Å². The molecule has 1 N–H and O–H groups in total. The van der Waals surface area contributed by atoms with Gasteiger partial charge in [0.2, 0.25) is 0 Å². The van der Waals surface area contributed by atoms with Gasteiger partial charge in [0.1, 0.15) is 17.2 Å². The van der Waals surface area contributed by atoms with Crippen LogP contribution in [-0.2, 0) is 10.4 Å². The first kappa shape index (κ1) is 28.3. The van der Waals surface area contributed by atoms with Crippen molar-refractivity contribution in [3.8, 4) is 0 Å². The Bertz CT molecular complexity index is 1260. The largest absolute Gasteiger partial charge is 0.430 e. The fraction of sp³-hybridized carbons (Fsp3) is 0.500. The molecule has 5 rings (SSSR count). The van der Waals surface area contributed by atoms with E-state index < -0.39 is 46.4 Å². The van der Waals surface area contributed by atoms with Gasteiger partial charge in [0.25, 0.3) is 17.4 Å². The van der Waals surface area contributed by atoms with Crippen LogP contribution >= 0.6 is 0 Å². The Morgan fingerprint density at radius 3 is 2.00 bits per heavy atom. The minimum absolute atomic E-state index is 0.157. The van der Waals surface area contributed by atoms with Crippen LogP contribution in [0.4, 0.5) is 27.6 Å². The van der Waals surface area contributed by atoms with Crippen LogP contribution in [0.3, 0.4) is 0 Å². The number of rotatable bonds is 5. The average molecular weight is 567 g/mol. The van der Waals surface area contributed by atoms with Crippen molar-refractivity contribution in [1.82, 2.24) is 14.7 Å². The third kappa shape index (κ3) is 4.70. The summed E-state index contributed by atoms with van der Waals surface area (Å²) in [5, 5.41) is 10.6. The lowest BCUT2D eigenvalue weighted by molar-refractivity contribution is -0.267. The Kier molecular flexibility index (Phi) is 7.06. The maximum atomic E-state index is 14.6. The smallest absolute Gasteiger partial charge is 0.369 e. The molecule has 0 bridgehead atoms. The van der Waals surface area contributed by atoms with Gasteiger partial charge in [-0.2, -0.15) is 13.2 Å². The first-order valence-electron chi connectivity index (χ1n) is 13.1. The number of piperazine rings is 1. The van der Waals surface area contributed by atoms with Crippen LogP contribution < -0.4 is 4.90 Å². The highest BCUT2D eigenvalue weighted by Crippen LogP contribution is 2.52. The number of amides is 2. The summed E-state index contributed by atoms with van der Waals surface area (Å²) in [4.78, 5) is 31.3. The van der Waals surface area contributed by atoms with Gasteiger partial charge in [-0.05, 0) is 25.0 Å². The Labute approximate surface area is 228 Å². The number of likely N-dealkylation sites (tertiary alicyclic amines) is 1. The SMILES string of the molecule is CN(C)C(=O)c1c(F)cc(N2CCN(C3CC4(C3)CN(C(=O)C(O)(c3ccccc3)C(F)(F)F)C4)CC2)cc1F. The van der Waals surface area contributed by atoms with Crippen molar-refractivity contribution >= 4 is 17.5 Å². The molecule has 2 aromatic rings. The van der Waals surface area contributed by atoms with Gasteiger partial charge in [-0.1, -0.05) is 30.3 Å². The van der Waals surface area contributed by atoms with Crippen LogP contribution in [-0.4, -0.2) is 97.2 Å². The number of hydrogen-bond acceptors (Lipinski definition) is 5. The number of benzene rings is 2. The monoisotopic (exact) mass is 566 g/mol. The molecule has 0 aromatic heterocycles. The van der Waals surface area contributed by atoms with Gasteiger partial charge in [0, 0.05) is 76.1 Å². The highest BCUT2D eigenvalue weighted by atomic mass is 19.4. The number of anilines is 1. The maximum Gasteiger partial charge on any atom is 0.430 e. The van der Waals surface area contributed by atoms with Gasteiger partial charge in [0.05, 0.1) is 0 Å². The zero-order chi connectivity index (χ0) is 29.0. The highest BCUT2D eigenvalue weighted by Gasteiger charge is 2.65. The third-order valence-corrected chi connectivity index (χ3v) is 8.43. The summed E-state index contributed by atoms with van der Waals surface area (Å²) in [6.45, 7) is 2.61. The standard InChI is InChI=1S/C28H31F5N4O3/c1-34(2)24(38)23-21(29)12-19(13-22(23)30)35-8-10-36(11-9-35)20-14-26(15-20)16-37(17-26)25(39)27(40,28(31,32)33)18-6-4-3-5-7-18/h3-7,12-13,20,40H,8-11,14-17H2,1-2H3. The normalized spacial score (nSPS) is 21.0. The maximum absolute atomic E-state index is 14.6. The number of hydrogen-bond donors (Lipinski definition) is 1. The molecular weight excluding hydrogens is 535 g/mol. The molecule has 2 heterocycles. The second kappa shape index (κ2) is 9.99. The summed E-state index contributed by atoms with van der Waals surface area (Å²) in [6, 6.07) is 8.95. The van der Waals surface area contributed by atoms with Gasteiger partial charge in [-0.3, -0.25) is 14.5 Å². The summed E-state index contributed by atoms with van der Waals surface area (Å²) in [5.41, 5.74) is -4.58. The predicted octanol–water partition coefficient (Wildman–Crippen LogP) is 3.23. The second-order valence-corrected chi connectivity index (χ2v) is 11.3. The Balaban J connectivity index is 1.15. The number of halogens is 5. The zero-order valence-electron chi connectivity index (χ0n) is 22.2. The molecule has 12 heteroatoms. The molecule has 2 amide bonds. The van der Waals surface area contributed by atoms with E-state index in [2.05, 4.69) is 4.90 Å². The molecule has 1 saturated carbocycles. The van der Waals surface area contributed by atoms with E-state index in [1.54, 1.807) is 0 Å². The van der Waals surface area contributed by atoms with Crippen molar-refractivity contribution in [3.63, 3.8) is 0 Å². The minimum atomic E-state index is -5.16. The van der Waals surface area contributed by atoms with E-state index in [4.69, 9.17) is 0 Å². The Hall–Kier alpha value is -3.25. The summed E-state index contributed by atoms with van der Waals surface area (Å²) >= 11 is 0. The van der Waals surface area contributed by atoms with E-state index in [0.29, 0.717) is 31.9 Å². The molecule has 0 radical (unpaired) electrons. The van der Waals surface area contributed by atoms with Crippen LogP contribution in [0.15, 0.2) is 42.5 Å². The first-order chi connectivity index (χ1) is 18.8. The van der Waals surface area contributed by atoms with E-state index in [0.717, 1.165) is 34.8 Å². The molecule has 3 fully saturated rings. The molecule has 2 saturated heterocycles. The predicted molar refractivity (Wildman–Crippen MR) is 137 cm³/mol. The highest BCUT2D eigenvalue weighted by molar-refractivity contribution is 5.95. The molecule has 3 aliphatic rings. The van der Waals surface area contributed by atoms with Crippen molar-refractivity contribution in [2.24, 2.45) is 5.41 Å². The molecule has 1 atom stereocenters. The van der Waals surface area contributed by atoms with Gasteiger partial charge in [0.15, 0.2) is 0 Å². The molecule has 216 valence electrons. The van der Waals surface area contributed by atoms with Crippen LogP contribution in [0.2, 0.25) is 0 Å². The summed E-state index contributed by atoms with van der Waals surface area (Å²) < 4.78 is 70.8. The zero-order valence-corrected chi connectivity index (χ0v) is 22.2. The van der Waals surface area contributed by atoms with Crippen molar-refractivity contribution < 1.29 is 36.6 Å². The van der Waals surface area contributed by atoms with Gasteiger partial charge < -0.3 is 19.8 Å². The first-order valence-corrected chi connectivity index (χ1v) is 13.1. The number of alkyl halides is 3. The van der Waals surface area contributed by atoms with Crippen LogP contribution in [0, 0.1) is 17.0 Å². The van der Waals surface area contributed by atoms with Crippen molar-refractivity contribution in [2.45, 2.75) is 30.7 Å². The number of aliphatic hydroxyl groups is 1. The summed E-state index contributed by atoms with van der Waals surface area (Å²) in [5.74, 6) is -3.92. The molecule has 1 unspecified atom stereocenters. The lowest BCUT2D eigenvalue weighted by atomic mass is 9.59. The third-order valence-electron chi connectivity index (χ3n) is 8.43. The molecule has 2 aromatic carbocycles. The van der Waals surface area contributed by atoms with E-state index in [1.165, 1.54) is 44.4 Å². The average Bonchev–Trinajstić information content (AvgIpc) is 2.86. The van der Waals surface area contributed by atoms with Crippen LogP contribution in [0.25, 0.3) is 0 Å². The molecular formula is C28H31F5N4O3. The molecule has 40 heavy (non-hydrogen) atoms. The van der Waals surface area contributed by atoms with Crippen molar-refractivity contribution in [3.05, 3.63) is 65.2 Å². The quantitative estimate of drug-likeness (QED) is 0.564. The van der Waals surface area contributed by atoms with E-state index in [9.17, 15) is 36.6 Å². The molecule has 1 aliphatic carbocycles. The fourth-order valence-corrected chi connectivity index (χ4v) is 6.20. The van der Waals surface area contributed by atoms with Crippen LogP contribution in [0.1, 0.15) is 28.8 Å². The van der Waals surface area contributed by atoms with Gasteiger partial charge in [-0.15, -0.1) is 0 Å². The molecule has 2 aliphatic heterocycles. The summed E-state index contributed by atoms with van der Waals surface area (Å²) in [6.07, 6.45) is -3.72. The number of carbonyl (C=O) groups is 2. The van der Waals surface area contributed by atoms with Gasteiger partial charge >= 0.3 is 6.18 Å². The summed E-state index contributed by atoms with van der Waals surface area (Å²) in [7, 11) is 2.84. The molecule has 1 spiro atoms. The van der Waals surface area contributed by atoms with E-state index in [1.807, 2.05) is 4.90 Å². The van der Waals surface area contributed by atoms with E-state index >= 15 is 0 Å². The second-order valence-electron chi connectivity index (χ2n) is 11.3. The fourth-order valence-electron chi connectivity index (χ4n) is 6.20. The van der Waals surface area contributed by atoms with E-state index in [-0.39, 0.29) is 24.5 Å². The Morgan fingerprint density at radius 2 is 1.50 bits per heavy atom. The van der Waals surface area contributed by atoms with Crippen LogP contribution in [0.5, 0.6) is 0 Å². The minimum Gasteiger partial charge on any atom is -0.369 e. The van der Waals surface area contributed by atoms with Gasteiger partial charge in [-0.25, -0.2) is 8.78 Å². The van der Waals surface area contributed by atoms with Crippen molar-refractivity contribution in [1.29, 1.82) is 0 Å². The molecule has 7 nitrogen and oxygen atoms in total. The number of nitrogens with zero attached hydrogens (tertiary/aromatic N) is 4. The number of carbonyl (C=O) groups excluding carboxylic acids is 2. The Morgan fingerprint density at radius 1 is 0.950 bits per heavy atom. The lowest BCUT2D eigenvalue weighted by Gasteiger charge is -2.62.